The summed E-state index contributed by atoms with van der Waals surface area (Å²) in [6.07, 6.45) is 3.96. The molecule has 1 N–H and O–H groups in total. The zero-order valence-electron chi connectivity index (χ0n) is 25.1. The van der Waals surface area contributed by atoms with Gasteiger partial charge in [0.25, 0.3) is 10.0 Å². The fourth-order valence-electron chi connectivity index (χ4n) is 5.24. The SMILES string of the molecule is COc1ccc(CN(C(=O)CN(c2cc(C)ccc2C)S(=O)(=O)c2ccc(C)cc2)[C@@H](C)C(=O)NC2CCCC2)cc1. The van der Waals surface area contributed by atoms with Gasteiger partial charge in [-0.05, 0) is 87.6 Å². The lowest BCUT2D eigenvalue weighted by Gasteiger charge is -2.33. The first kappa shape index (κ1) is 31.1. The summed E-state index contributed by atoms with van der Waals surface area (Å²) < 4.78 is 34.6. The summed E-state index contributed by atoms with van der Waals surface area (Å²) in [4.78, 5) is 29.1. The van der Waals surface area contributed by atoms with Crippen LogP contribution in [0.4, 0.5) is 5.69 Å². The van der Waals surface area contributed by atoms with Crippen LogP contribution < -0.4 is 14.4 Å². The molecule has 0 heterocycles. The van der Waals surface area contributed by atoms with Crippen LogP contribution in [0.15, 0.2) is 71.6 Å². The third-order valence-corrected chi connectivity index (χ3v) is 9.68. The highest BCUT2D eigenvalue weighted by Gasteiger charge is 2.34. The highest BCUT2D eigenvalue weighted by Crippen LogP contribution is 2.29. The molecule has 4 rings (SSSR count). The molecule has 224 valence electrons. The van der Waals surface area contributed by atoms with Gasteiger partial charge in [0.15, 0.2) is 0 Å². The van der Waals surface area contributed by atoms with Crippen molar-refractivity contribution in [2.24, 2.45) is 0 Å². The highest BCUT2D eigenvalue weighted by atomic mass is 32.2. The van der Waals surface area contributed by atoms with Gasteiger partial charge >= 0.3 is 0 Å². The van der Waals surface area contributed by atoms with Crippen LogP contribution in [0.1, 0.15) is 54.9 Å². The van der Waals surface area contributed by atoms with Crippen molar-refractivity contribution >= 4 is 27.5 Å². The van der Waals surface area contributed by atoms with E-state index in [4.69, 9.17) is 4.74 Å². The number of aryl methyl sites for hydroxylation is 3. The van der Waals surface area contributed by atoms with Crippen LogP contribution in [0.3, 0.4) is 0 Å². The summed E-state index contributed by atoms with van der Waals surface area (Å²) in [7, 11) is -2.54. The van der Waals surface area contributed by atoms with Crippen LogP contribution in [-0.4, -0.2) is 50.9 Å². The number of hydrogen-bond acceptors (Lipinski definition) is 5. The largest absolute Gasteiger partial charge is 0.497 e. The van der Waals surface area contributed by atoms with E-state index in [0.29, 0.717) is 11.4 Å². The third-order valence-electron chi connectivity index (χ3n) is 7.90. The van der Waals surface area contributed by atoms with Crippen molar-refractivity contribution in [1.29, 1.82) is 0 Å². The Labute approximate surface area is 249 Å². The predicted octanol–water partition coefficient (Wildman–Crippen LogP) is 5.29. The number of amides is 2. The molecule has 3 aromatic carbocycles. The number of benzene rings is 3. The van der Waals surface area contributed by atoms with Crippen molar-refractivity contribution < 1.29 is 22.7 Å². The van der Waals surface area contributed by atoms with Gasteiger partial charge in [-0.25, -0.2) is 8.42 Å². The molecule has 0 aromatic heterocycles. The van der Waals surface area contributed by atoms with E-state index in [1.54, 1.807) is 56.5 Å². The summed E-state index contributed by atoms with van der Waals surface area (Å²) in [5, 5.41) is 3.10. The molecule has 9 heteroatoms. The van der Waals surface area contributed by atoms with Gasteiger partial charge in [-0.15, -0.1) is 0 Å². The fraction of sp³-hybridized carbons (Fsp3) is 0.394. The summed E-state index contributed by atoms with van der Waals surface area (Å²) in [5.74, 6) is -0.0473. The van der Waals surface area contributed by atoms with E-state index in [2.05, 4.69) is 5.32 Å². The summed E-state index contributed by atoms with van der Waals surface area (Å²) in [6.45, 7) is 6.96. The zero-order chi connectivity index (χ0) is 30.4. The number of carbonyl (C=O) groups is 2. The molecular weight excluding hydrogens is 550 g/mol. The first-order chi connectivity index (χ1) is 20.0. The van der Waals surface area contributed by atoms with Crippen molar-refractivity contribution in [3.63, 3.8) is 0 Å². The maximum atomic E-state index is 14.2. The minimum Gasteiger partial charge on any atom is -0.497 e. The van der Waals surface area contributed by atoms with E-state index in [1.807, 2.05) is 45.0 Å². The number of nitrogens with one attached hydrogen (secondary N) is 1. The molecule has 1 fully saturated rings. The molecule has 42 heavy (non-hydrogen) atoms. The van der Waals surface area contributed by atoms with Gasteiger partial charge < -0.3 is 15.0 Å². The van der Waals surface area contributed by atoms with Crippen molar-refractivity contribution in [2.75, 3.05) is 18.0 Å². The van der Waals surface area contributed by atoms with E-state index >= 15 is 0 Å². The second kappa shape index (κ2) is 13.4. The minimum atomic E-state index is -4.12. The van der Waals surface area contributed by atoms with Crippen molar-refractivity contribution in [3.8, 4) is 5.75 Å². The van der Waals surface area contributed by atoms with E-state index in [0.717, 1.165) is 47.9 Å². The Balaban J connectivity index is 1.71. The number of carbonyl (C=O) groups excluding carboxylic acids is 2. The number of hydrogen-bond donors (Lipinski definition) is 1. The van der Waals surface area contributed by atoms with Gasteiger partial charge in [-0.3, -0.25) is 13.9 Å². The molecule has 1 aliphatic carbocycles. The molecule has 1 atom stereocenters. The van der Waals surface area contributed by atoms with Gasteiger partial charge in [0.1, 0.15) is 18.3 Å². The first-order valence-electron chi connectivity index (χ1n) is 14.4. The summed E-state index contributed by atoms with van der Waals surface area (Å²) in [5.41, 5.74) is 3.74. The van der Waals surface area contributed by atoms with Crippen molar-refractivity contribution in [3.05, 3.63) is 89.0 Å². The molecule has 1 saturated carbocycles. The van der Waals surface area contributed by atoms with Crippen molar-refractivity contribution in [1.82, 2.24) is 10.2 Å². The normalized spacial score (nSPS) is 14.3. The van der Waals surface area contributed by atoms with E-state index in [-0.39, 0.29) is 23.4 Å². The molecule has 2 amide bonds. The summed E-state index contributed by atoms with van der Waals surface area (Å²) >= 11 is 0. The van der Waals surface area contributed by atoms with Gasteiger partial charge in [-0.2, -0.15) is 0 Å². The number of rotatable bonds is 11. The maximum absolute atomic E-state index is 14.2. The molecule has 3 aromatic rings. The van der Waals surface area contributed by atoms with Gasteiger partial charge in [0.2, 0.25) is 11.8 Å². The molecule has 0 radical (unpaired) electrons. The minimum absolute atomic E-state index is 0.0891. The van der Waals surface area contributed by atoms with Gasteiger partial charge in [0.05, 0.1) is 17.7 Å². The van der Waals surface area contributed by atoms with Crippen molar-refractivity contribution in [2.45, 2.75) is 76.9 Å². The van der Waals surface area contributed by atoms with E-state index < -0.39 is 28.5 Å². The van der Waals surface area contributed by atoms with Crippen LogP contribution in [0.5, 0.6) is 5.75 Å². The zero-order valence-corrected chi connectivity index (χ0v) is 25.9. The number of sulfonamides is 1. The first-order valence-corrected chi connectivity index (χ1v) is 15.8. The summed E-state index contributed by atoms with van der Waals surface area (Å²) in [6, 6.07) is 18.7. The van der Waals surface area contributed by atoms with Crippen LogP contribution in [0.2, 0.25) is 0 Å². The van der Waals surface area contributed by atoms with Crippen LogP contribution in [0.25, 0.3) is 0 Å². The lowest BCUT2D eigenvalue weighted by molar-refractivity contribution is -0.139. The average Bonchev–Trinajstić information content (AvgIpc) is 3.49. The van der Waals surface area contributed by atoms with Crippen LogP contribution >= 0.6 is 0 Å². The second-order valence-electron chi connectivity index (χ2n) is 11.2. The molecule has 0 unspecified atom stereocenters. The highest BCUT2D eigenvalue weighted by molar-refractivity contribution is 7.92. The Morgan fingerprint density at radius 1 is 0.929 bits per heavy atom. The Kier molecular flexibility index (Phi) is 9.93. The Morgan fingerprint density at radius 3 is 2.17 bits per heavy atom. The number of methoxy groups -OCH3 is 1. The molecule has 0 saturated heterocycles. The lowest BCUT2D eigenvalue weighted by atomic mass is 10.1. The second-order valence-corrected chi connectivity index (χ2v) is 13.0. The predicted molar refractivity (Wildman–Crippen MR) is 165 cm³/mol. The lowest BCUT2D eigenvalue weighted by Crippen LogP contribution is -2.52. The molecular formula is C33H41N3O5S. The van der Waals surface area contributed by atoms with Gasteiger partial charge in [0, 0.05) is 12.6 Å². The quantitative estimate of drug-likeness (QED) is 0.327. The molecule has 0 bridgehead atoms. The van der Waals surface area contributed by atoms with Crippen LogP contribution in [-0.2, 0) is 26.2 Å². The number of nitrogens with zero attached hydrogens (tertiary/aromatic N) is 2. The monoisotopic (exact) mass is 591 g/mol. The number of anilines is 1. The molecule has 1 aliphatic rings. The Morgan fingerprint density at radius 2 is 1.55 bits per heavy atom. The third kappa shape index (κ3) is 7.31. The van der Waals surface area contributed by atoms with Gasteiger partial charge in [-0.1, -0.05) is 54.8 Å². The van der Waals surface area contributed by atoms with E-state index in [1.165, 1.54) is 9.21 Å². The molecule has 0 aliphatic heterocycles. The smallest absolute Gasteiger partial charge is 0.264 e. The Bertz CT molecular complexity index is 1500. The number of ether oxygens (including phenoxy) is 1. The average molecular weight is 592 g/mol. The van der Waals surface area contributed by atoms with Crippen LogP contribution in [0, 0.1) is 20.8 Å². The molecule has 0 spiro atoms. The topological polar surface area (TPSA) is 96.0 Å². The maximum Gasteiger partial charge on any atom is 0.264 e. The standard InChI is InChI=1S/C33H41N3O5S/c1-23-11-18-30(19-12-23)42(39,40)36(31-20-24(2)10-13-25(31)3)22-32(37)35(21-27-14-16-29(41-5)17-15-27)26(4)33(38)34-28-8-6-7-9-28/h10-20,26,28H,6-9,21-22H2,1-5H3,(H,34,38)/t26-/m0/s1. The molecule has 8 nitrogen and oxygen atoms in total. The van der Waals surface area contributed by atoms with E-state index in [9.17, 15) is 18.0 Å². The Hall–Kier alpha value is -3.85. The fourth-order valence-corrected chi connectivity index (χ4v) is 6.71.